The van der Waals surface area contributed by atoms with Gasteiger partial charge < -0.3 is 5.73 Å². The molecule has 0 amide bonds. The van der Waals surface area contributed by atoms with Gasteiger partial charge in [-0.2, -0.15) is 5.10 Å². The third-order valence-electron chi connectivity index (χ3n) is 2.77. The summed E-state index contributed by atoms with van der Waals surface area (Å²) in [5.41, 5.74) is 6.08. The number of H-pyrrole nitrogens is 1. The Morgan fingerprint density at radius 1 is 1.14 bits per heavy atom. The molecular weight excluding hydrogens is 316 g/mol. The summed E-state index contributed by atoms with van der Waals surface area (Å²) >= 11 is 0. The largest absolute Gasteiger partial charge is 0.384 e. The van der Waals surface area contributed by atoms with Crippen molar-refractivity contribution in [3.8, 4) is 0 Å². The minimum Gasteiger partial charge on any atom is -0.384 e. The van der Waals surface area contributed by atoms with Crippen molar-refractivity contribution in [2.45, 2.75) is 16.3 Å². The van der Waals surface area contributed by atoms with E-state index < -0.39 is 19.9 Å². The van der Waals surface area contributed by atoms with Gasteiger partial charge >= 0.3 is 0 Å². The summed E-state index contributed by atoms with van der Waals surface area (Å²) < 4.78 is 49.1. The van der Waals surface area contributed by atoms with Gasteiger partial charge in [-0.1, -0.05) is 0 Å². The van der Waals surface area contributed by atoms with Crippen LogP contribution in [0.25, 0.3) is 0 Å². The first-order valence-electron chi connectivity index (χ1n) is 5.77. The van der Waals surface area contributed by atoms with E-state index in [1.54, 1.807) is 0 Å². The first-order valence-corrected chi connectivity index (χ1v) is 9.15. The van der Waals surface area contributed by atoms with Crippen molar-refractivity contribution in [2.75, 3.05) is 12.0 Å². The topological polar surface area (TPSA) is 135 Å². The van der Waals surface area contributed by atoms with Crippen LogP contribution in [0.5, 0.6) is 0 Å². The van der Waals surface area contributed by atoms with E-state index in [0.29, 0.717) is 5.56 Å². The Labute approximate surface area is 122 Å². The fourth-order valence-electron chi connectivity index (χ4n) is 1.58. The maximum Gasteiger partial charge on any atom is 0.240 e. The second-order valence-corrected chi connectivity index (χ2v) is 8.16. The zero-order chi connectivity index (χ0) is 15.7. The predicted octanol–water partition coefficient (Wildman–Crippen LogP) is -0.126. The van der Waals surface area contributed by atoms with Crippen LogP contribution in [0.1, 0.15) is 5.56 Å². The zero-order valence-corrected chi connectivity index (χ0v) is 12.7. The highest BCUT2D eigenvalue weighted by atomic mass is 32.2. The van der Waals surface area contributed by atoms with Crippen LogP contribution in [0.3, 0.4) is 0 Å². The van der Waals surface area contributed by atoms with Crippen molar-refractivity contribution in [3.63, 3.8) is 0 Å². The van der Waals surface area contributed by atoms with Crippen molar-refractivity contribution in [3.05, 3.63) is 36.0 Å². The molecular formula is C11H14N4O4S2. The van der Waals surface area contributed by atoms with Gasteiger partial charge in [-0.05, 0) is 24.3 Å². The number of sulfone groups is 1. The summed E-state index contributed by atoms with van der Waals surface area (Å²) in [6, 6.07) is 4.96. The zero-order valence-electron chi connectivity index (χ0n) is 11.1. The van der Waals surface area contributed by atoms with E-state index in [0.717, 1.165) is 6.26 Å². The Bertz CT molecular complexity index is 839. The number of nitrogens with one attached hydrogen (secondary N) is 2. The number of anilines is 1. The Morgan fingerprint density at radius 3 is 2.19 bits per heavy atom. The number of benzene rings is 1. The van der Waals surface area contributed by atoms with E-state index in [-0.39, 0.29) is 22.2 Å². The highest BCUT2D eigenvalue weighted by Gasteiger charge is 2.16. The fraction of sp³-hybridized carbons (Fsp3) is 0.182. The lowest BCUT2D eigenvalue weighted by molar-refractivity contribution is 0.580. The van der Waals surface area contributed by atoms with Crippen LogP contribution in [0, 0.1) is 0 Å². The summed E-state index contributed by atoms with van der Waals surface area (Å²) in [5.74, 6) is 0.283. The average molecular weight is 330 g/mol. The molecule has 0 spiro atoms. The molecule has 0 aliphatic carbocycles. The number of nitrogens with zero attached hydrogens (tertiary/aromatic N) is 1. The number of hydrogen-bond donors (Lipinski definition) is 3. The molecule has 2 aromatic rings. The predicted molar refractivity (Wildman–Crippen MR) is 76.6 cm³/mol. The van der Waals surface area contributed by atoms with Crippen molar-refractivity contribution in [1.82, 2.24) is 14.9 Å². The lowest BCUT2D eigenvalue weighted by Crippen LogP contribution is -2.23. The Kier molecular flexibility index (Phi) is 4.03. The van der Waals surface area contributed by atoms with E-state index in [1.165, 1.54) is 30.5 Å². The standard InChI is InChI=1S/C11H14N4O4S2/c1-20(16,17)9-2-4-10(5-3-9)21(18,19)14-7-8-6-13-15-11(8)12/h2-6,14H,7H2,1H3,(H3,12,13,15). The Balaban J connectivity index is 2.18. The normalized spacial score (nSPS) is 12.4. The van der Waals surface area contributed by atoms with Gasteiger partial charge in [0.25, 0.3) is 0 Å². The first kappa shape index (κ1) is 15.5. The van der Waals surface area contributed by atoms with Gasteiger partial charge in [0.15, 0.2) is 9.84 Å². The SMILES string of the molecule is CS(=O)(=O)c1ccc(S(=O)(=O)NCc2cn[nH]c2N)cc1. The second-order valence-electron chi connectivity index (χ2n) is 4.38. The maximum absolute atomic E-state index is 12.1. The Morgan fingerprint density at radius 2 is 1.71 bits per heavy atom. The van der Waals surface area contributed by atoms with Gasteiger partial charge in [0.05, 0.1) is 16.0 Å². The van der Waals surface area contributed by atoms with E-state index in [1.807, 2.05) is 0 Å². The molecule has 1 aromatic carbocycles. The number of aromatic nitrogens is 2. The number of nitrogens with two attached hydrogens (primary N) is 1. The molecule has 4 N–H and O–H groups in total. The minimum atomic E-state index is -3.76. The molecule has 0 aliphatic rings. The maximum atomic E-state index is 12.1. The van der Waals surface area contributed by atoms with Crippen LogP contribution in [-0.4, -0.2) is 33.3 Å². The number of nitrogen functional groups attached to an aromatic ring is 1. The van der Waals surface area contributed by atoms with Gasteiger partial charge in [0.2, 0.25) is 10.0 Å². The molecule has 1 aromatic heterocycles. The van der Waals surface area contributed by atoms with Crippen LogP contribution in [0.15, 0.2) is 40.3 Å². The summed E-state index contributed by atoms with van der Waals surface area (Å²) in [5, 5.41) is 6.18. The van der Waals surface area contributed by atoms with Crippen molar-refractivity contribution >= 4 is 25.7 Å². The highest BCUT2D eigenvalue weighted by molar-refractivity contribution is 7.90. The summed E-state index contributed by atoms with van der Waals surface area (Å²) in [6.07, 6.45) is 2.47. The molecule has 0 saturated carbocycles. The lowest BCUT2D eigenvalue weighted by atomic mass is 10.3. The van der Waals surface area contributed by atoms with Crippen molar-refractivity contribution in [2.24, 2.45) is 0 Å². The van der Waals surface area contributed by atoms with Crippen LogP contribution in [-0.2, 0) is 26.4 Å². The summed E-state index contributed by atoms with van der Waals surface area (Å²) in [7, 11) is -7.12. The van der Waals surface area contributed by atoms with E-state index >= 15 is 0 Å². The highest BCUT2D eigenvalue weighted by Crippen LogP contribution is 2.15. The molecule has 0 unspecified atom stereocenters. The molecule has 1 heterocycles. The van der Waals surface area contributed by atoms with Crippen LogP contribution < -0.4 is 10.5 Å². The molecule has 10 heteroatoms. The van der Waals surface area contributed by atoms with Gasteiger partial charge in [-0.3, -0.25) is 5.10 Å². The minimum absolute atomic E-state index is 0.0154. The third kappa shape index (κ3) is 3.60. The second kappa shape index (κ2) is 5.47. The molecule has 2 rings (SSSR count). The molecule has 0 aliphatic heterocycles. The average Bonchev–Trinajstić information content (AvgIpc) is 2.81. The number of rotatable bonds is 5. The van der Waals surface area contributed by atoms with Crippen LogP contribution >= 0.6 is 0 Å². The lowest BCUT2D eigenvalue weighted by Gasteiger charge is -2.07. The molecule has 0 atom stereocenters. The number of hydrogen-bond acceptors (Lipinski definition) is 6. The third-order valence-corrected chi connectivity index (χ3v) is 5.31. The fourth-order valence-corrected chi connectivity index (χ4v) is 3.22. The molecule has 0 fully saturated rings. The van der Waals surface area contributed by atoms with E-state index in [2.05, 4.69) is 14.9 Å². The van der Waals surface area contributed by atoms with Gasteiger partial charge in [0, 0.05) is 18.4 Å². The van der Waals surface area contributed by atoms with Crippen molar-refractivity contribution < 1.29 is 16.8 Å². The first-order chi connectivity index (χ1) is 9.70. The smallest absolute Gasteiger partial charge is 0.240 e. The number of sulfonamides is 1. The number of aromatic amines is 1. The monoisotopic (exact) mass is 330 g/mol. The quantitative estimate of drug-likeness (QED) is 0.699. The van der Waals surface area contributed by atoms with Gasteiger partial charge in [0.1, 0.15) is 5.82 Å². The van der Waals surface area contributed by atoms with Crippen LogP contribution in [0.2, 0.25) is 0 Å². The van der Waals surface area contributed by atoms with Gasteiger partial charge in [-0.25, -0.2) is 21.6 Å². The molecule has 8 nitrogen and oxygen atoms in total. The molecule has 21 heavy (non-hydrogen) atoms. The molecule has 0 saturated heterocycles. The van der Waals surface area contributed by atoms with Crippen LogP contribution in [0.4, 0.5) is 5.82 Å². The van der Waals surface area contributed by atoms with E-state index in [9.17, 15) is 16.8 Å². The van der Waals surface area contributed by atoms with Gasteiger partial charge in [-0.15, -0.1) is 0 Å². The summed E-state index contributed by atoms with van der Waals surface area (Å²) in [6.45, 7) is -0.0154. The van der Waals surface area contributed by atoms with E-state index in [4.69, 9.17) is 5.73 Å². The van der Waals surface area contributed by atoms with Crippen molar-refractivity contribution in [1.29, 1.82) is 0 Å². The molecule has 0 radical (unpaired) electrons. The Hall–Kier alpha value is -1.91. The molecule has 114 valence electrons. The molecule has 0 bridgehead atoms. The summed E-state index contributed by atoms with van der Waals surface area (Å²) in [4.78, 5) is 0.0255.